The molecule has 0 spiro atoms. The Balaban J connectivity index is 5.05. The van der Waals surface area contributed by atoms with Gasteiger partial charge in [0.2, 0.25) is 5.78 Å². The number of hydrogen-bond donors (Lipinski definition) is 7. The van der Waals surface area contributed by atoms with Crippen LogP contribution < -0.4 is 0 Å². The number of carboxylic acids is 1. The molecule has 0 saturated carbocycles. The monoisotopic (exact) mass is 318 g/mol. The molecular weight excluding hydrogens is 303 g/mol. The van der Waals surface area contributed by atoms with E-state index in [4.69, 9.17) is 25.1 Å². The number of phosphoric acid groups is 1. The maximum Gasteiger partial charge on any atom is 0.470 e. The van der Waals surface area contributed by atoms with Crippen LogP contribution in [-0.2, 0) is 18.7 Å². The molecule has 0 unspecified atom stereocenters. The van der Waals surface area contributed by atoms with Gasteiger partial charge in [-0.05, 0) is 0 Å². The highest BCUT2D eigenvalue weighted by molar-refractivity contribution is 7.46. The summed E-state index contributed by atoms with van der Waals surface area (Å²) in [7, 11) is -5.22. The van der Waals surface area contributed by atoms with Gasteiger partial charge in [0, 0.05) is 6.42 Å². The molecule has 4 atom stereocenters. The van der Waals surface area contributed by atoms with Crippen LogP contribution in [0.4, 0.5) is 0 Å². The van der Waals surface area contributed by atoms with Crippen molar-refractivity contribution >= 4 is 19.6 Å². The number of aliphatic carboxylic acids is 1. The molecule has 0 aliphatic heterocycles. The quantitative estimate of drug-likeness (QED) is 0.165. The van der Waals surface area contributed by atoms with Crippen molar-refractivity contribution in [2.45, 2.75) is 30.8 Å². The van der Waals surface area contributed by atoms with Crippen LogP contribution in [0.5, 0.6) is 0 Å². The topological polar surface area (TPSA) is 202 Å². The molecule has 118 valence electrons. The zero-order valence-corrected chi connectivity index (χ0v) is 10.8. The summed E-state index contributed by atoms with van der Waals surface area (Å²) >= 11 is 0. The minimum atomic E-state index is -5.22. The molecule has 12 heteroatoms. The van der Waals surface area contributed by atoms with Crippen molar-refractivity contribution < 1.29 is 54.0 Å². The van der Waals surface area contributed by atoms with Gasteiger partial charge in [0.25, 0.3) is 0 Å². The van der Waals surface area contributed by atoms with E-state index in [1.807, 2.05) is 0 Å². The Morgan fingerprint density at radius 1 is 1.10 bits per heavy atom. The van der Waals surface area contributed by atoms with Crippen LogP contribution in [0.2, 0.25) is 0 Å². The minimum absolute atomic E-state index is 1.03. The lowest BCUT2D eigenvalue weighted by molar-refractivity contribution is -0.152. The van der Waals surface area contributed by atoms with Crippen molar-refractivity contribution in [1.82, 2.24) is 0 Å². The van der Waals surface area contributed by atoms with Gasteiger partial charge in [-0.3, -0.25) is 9.32 Å². The molecular formula is C8H15O11P. The third-order valence-corrected chi connectivity index (χ3v) is 2.71. The maximum absolute atomic E-state index is 10.9. The Hall–Kier alpha value is -0.910. The third-order valence-electron chi connectivity index (χ3n) is 2.19. The third kappa shape index (κ3) is 6.50. The lowest BCUT2D eigenvalue weighted by Crippen LogP contribution is -2.48. The highest BCUT2D eigenvalue weighted by Gasteiger charge is 2.39. The number of aliphatic hydroxyl groups excluding tert-OH is 4. The molecule has 0 aliphatic rings. The Labute approximate surface area is 112 Å². The molecule has 0 amide bonds. The second-order valence-electron chi connectivity index (χ2n) is 3.80. The Bertz CT molecular complexity index is 390. The lowest BCUT2D eigenvalue weighted by atomic mass is 9.99. The van der Waals surface area contributed by atoms with Gasteiger partial charge in [-0.1, -0.05) is 0 Å². The lowest BCUT2D eigenvalue weighted by Gasteiger charge is -2.29. The smallest absolute Gasteiger partial charge is 0.470 e. The first-order chi connectivity index (χ1) is 8.99. The van der Waals surface area contributed by atoms with Gasteiger partial charge >= 0.3 is 13.8 Å². The largest absolute Gasteiger partial charge is 0.475 e. The predicted molar refractivity (Wildman–Crippen MR) is 59.3 cm³/mol. The molecule has 0 bridgehead atoms. The first-order valence-corrected chi connectivity index (χ1v) is 6.67. The van der Waals surface area contributed by atoms with Gasteiger partial charge in [0.15, 0.2) is 0 Å². The SMILES string of the molecule is O=C(O)C(=O)C[C@@H](O)[C@@H](OP(=O)(O)O)[C@H](O)[C@H](O)CO. The van der Waals surface area contributed by atoms with Crippen molar-refractivity contribution in [2.24, 2.45) is 0 Å². The zero-order chi connectivity index (χ0) is 16.1. The van der Waals surface area contributed by atoms with Gasteiger partial charge < -0.3 is 35.3 Å². The summed E-state index contributed by atoms with van der Waals surface area (Å²) < 4.78 is 14.7. The number of carboxylic acid groups (broad SMARTS) is 1. The molecule has 0 aromatic rings. The second-order valence-corrected chi connectivity index (χ2v) is 4.99. The molecule has 7 N–H and O–H groups in total. The van der Waals surface area contributed by atoms with Gasteiger partial charge in [0.1, 0.15) is 18.3 Å². The summed E-state index contributed by atoms with van der Waals surface area (Å²) in [6, 6.07) is 0. The molecule has 0 aromatic carbocycles. The van der Waals surface area contributed by atoms with E-state index >= 15 is 0 Å². The van der Waals surface area contributed by atoms with Crippen molar-refractivity contribution in [3.63, 3.8) is 0 Å². The van der Waals surface area contributed by atoms with E-state index < -0.39 is 57.0 Å². The zero-order valence-electron chi connectivity index (χ0n) is 9.93. The van der Waals surface area contributed by atoms with Crippen LogP contribution in [0.1, 0.15) is 6.42 Å². The van der Waals surface area contributed by atoms with Crippen LogP contribution in [0.25, 0.3) is 0 Å². The maximum atomic E-state index is 10.9. The molecule has 0 aromatic heterocycles. The molecule has 0 aliphatic carbocycles. The van der Waals surface area contributed by atoms with E-state index in [0.29, 0.717) is 0 Å². The average molecular weight is 318 g/mol. The van der Waals surface area contributed by atoms with Crippen LogP contribution in [0.3, 0.4) is 0 Å². The van der Waals surface area contributed by atoms with Crippen LogP contribution >= 0.6 is 7.82 Å². The van der Waals surface area contributed by atoms with E-state index in [-0.39, 0.29) is 0 Å². The number of rotatable bonds is 9. The average Bonchev–Trinajstić information content (AvgIpc) is 2.32. The Morgan fingerprint density at radius 2 is 1.60 bits per heavy atom. The molecule has 20 heavy (non-hydrogen) atoms. The van der Waals surface area contributed by atoms with E-state index in [2.05, 4.69) is 4.52 Å². The van der Waals surface area contributed by atoms with E-state index in [1.54, 1.807) is 0 Å². The standard InChI is InChI=1S/C8H15O11P/c9-2-5(12)6(13)7(19-20(16,17)18)3(10)1-4(11)8(14)15/h3,5-7,9-10,12-13H,1-2H2,(H,14,15)(H2,16,17,18)/t3-,5-,6-,7-/m1/s1. The summed E-state index contributed by atoms with van der Waals surface area (Å²) in [5.41, 5.74) is 0. The normalized spacial score (nSPS) is 18.1. The van der Waals surface area contributed by atoms with E-state index in [0.717, 1.165) is 0 Å². The van der Waals surface area contributed by atoms with Crippen molar-refractivity contribution in [1.29, 1.82) is 0 Å². The number of Topliss-reactive ketones (excluding diaryl/α,β-unsaturated/α-hetero) is 1. The summed E-state index contributed by atoms with van der Waals surface area (Å²) in [5, 5.41) is 45.0. The highest BCUT2D eigenvalue weighted by atomic mass is 31.2. The fourth-order valence-corrected chi connectivity index (χ4v) is 1.82. The van der Waals surface area contributed by atoms with Crippen LogP contribution in [0.15, 0.2) is 0 Å². The Morgan fingerprint density at radius 3 is 1.95 bits per heavy atom. The van der Waals surface area contributed by atoms with Gasteiger partial charge in [-0.15, -0.1) is 0 Å². The fraction of sp³-hybridized carbons (Fsp3) is 0.750. The highest BCUT2D eigenvalue weighted by Crippen LogP contribution is 2.39. The first kappa shape index (κ1) is 19.1. The molecule has 0 rings (SSSR count). The second kappa shape index (κ2) is 7.76. The number of ketones is 1. The molecule has 0 saturated heterocycles. The summed E-state index contributed by atoms with van der Waals surface area (Å²) in [6.45, 7) is -1.03. The van der Waals surface area contributed by atoms with Crippen molar-refractivity contribution in [3.05, 3.63) is 0 Å². The van der Waals surface area contributed by atoms with Crippen LogP contribution in [-0.4, -0.2) is 78.1 Å². The van der Waals surface area contributed by atoms with Crippen LogP contribution in [0, 0.1) is 0 Å². The molecule has 0 heterocycles. The van der Waals surface area contributed by atoms with Gasteiger partial charge in [-0.25, -0.2) is 9.36 Å². The number of phosphoric ester groups is 1. The summed E-state index contributed by atoms with van der Waals surface area (Å²) in [6.07, 6.45) is -9.51. The molecule has 0 fully saturated rings. The number of aliphatic hydroxyl groups is 4. The fourth-order valence-electron chi connectivity index (χ4n) is 1.24. The van der Waals surface area contributed by atoms with Gasteiger partial charge in [0.05, 0.1) is 12.7 Å². The molecule has 0 radical (unpaired) electrons. The van der Waals surface area contributed by atoms with E-state index in [9.17, 15) is 24.4 Å². The Kier molecular flexibility index (Phi) is 7.41. The number of carbonyl (C=O) groups excluding carboxylic acids is 1. The number of carbonyl (C=O) groups is 2. The van der Waals surface area contributed by atoms with E-state index in [1.165, 1.54) is 0 Å². The first-order valence-electron chi connectivity index (χ1n) is 5.14. The number of hydrogen-bond acceptors (Lipinski definition) is 8. The van der Waals surface area contributed by atoms with Crippen molar-refractivity contribution in [3.8, 4) is 0 Å². The van der Waals surface area contributed by atoms with Crippen molar-refractivity contribution in [2.75, 3.05) is 6.61 Å². The minimum Gasteiger partial charge on any atom is -0.475 e. The predicted octanol–water partition coefficient (Wildman–Crippen LogP) is -3.42. The molecule has 11 nitrogen and oxygen atoms in total. The summed E-state index contributed by atoms with van der Waals surface area (Å²) in [4.78, 5) is 38.4. The summed E-state index contributed by atoms with van der Waals surface area (Å²) in [5.74, 6) is -3.40. The van der Waals surface area contributed by atoms with Gasteiger partial charge in [-0.2, -0.15) is 0 Å².